The van der Waals surface area contributed by atoms with Crippen LogP contribution in [0.5, 0.6) is 0 Å². The number of hydrogen-bond acceptors (Lipinski definition) is 2. The highest BCUT2D eigenvalue weighted by molar-refractivity contribution is 6.23. The first-order valence-corrected chi connectivity index (χ1v) is 11.5. The number of rotatable bonds is 3. The van der Waals surface area contributed by atoms with E-state index in [1.807, 2.05) is 12.1 Å². The standard InChI is InChI=1S/C30H34O2/c1-18(2)27(20-8-10-21(11-9-20)28-25(31)12-13-26(28)32)22-17-24-23(16-19(22)3)29(4,5)14-15-30(24,6)7/h8-11,14-17,31H,12-13H2,1-7H3. The first kappa shape index (κ1) is 22.3. The molecule has 0 spiro atoms. The van der Waals surface area contributed by atoms with Gasteiger partial charge in [-0.15, -0.1) is 0 Å². The van der Waals surface area contributed by atoms with Crippen LogP contribution in [0.15, 0.2) is 59.9 Å². The minimum Gasteiger partial charge on any atom is -0.512 e. The second-order valence-electron chi connectivity index (χ2n) is 10.7. The molecule has 0 atom stereocenters. The normalized spacial score (nSPS) is 18.7. The Labute approximate surface area is 192 Å². The van der Waals surface area contributed by atoms with E-state index in [-0.39, 0.29) is 22.4 Å². The van der Waals surface area contributed by atoms with E-state index in [4.69, 9.17) is 0 Å². The molecule has 2 aliphatic carbocycles. The third kappa shape index (κ3) is 3.66. The molecule has 0 fully saturated rings. The van der Waals surface area contributed by atoms with Crippen LogP contribution in [-0.2, 0) is 15.6 Å². The van der Waals surface area contributed by atoms with Crippen LogP contribution in [0.3, 0.4) is 0 Å². The fourth-order valence-corrected chi connectivity index (χ4v) is 5.13. The van der Waals surface area contributed by atoms with Gasteiger partial charge in [0.25, 0.3) is 0 Å². The molecule has 32 heavy (non-hydrogen) atoms. The second-order valence-corrected chi connectivity index (χ2v) is 10.7. The lowest BCUT2D eigenvalue weighted by Crippen LogP contribution is -2.29. The van der Waals surface area contributed by atoms with Crippen LogP contribution in [-0.4, -0.2) is 10.9 Å². The number of carbonyl (C=O) groups excluding carboxylic acids is 1. The topological polar surface area (TPSA) is 37.3 Å². The van der Waals surface area contributed by atoms with Crippen molar-refractivity contribution in [2.24, 2.45) is 0 Å². The zero-order chi connectivity index (χ0) is 23.4. The summed E-state index contributed by atoms with van der Waals surface area (Å²) in [7, 11) is 0. The van der Waals surface area contributed by atoms with E-state index >= 15 is 0 Å². The van der Waals surface area contributed by atoms with E-state index < -0.39 is 0 Å². The quantitative estimate of drug-likeness (QED) is 0.513. The summed E-state index contributed by atoms with van der Waals surface area (Å²) in [4.78, 5) is 12.2. The molecular weight excluding hydrogens is 392 g/mol. The van der Waals surface area contributed by atoms with Crippen molar-refractivity contribution in [3.05, 3.63) is 93.3 Å². The fourth-order valence-electron chi connectivity index (χ4n) is 5.13. The van der Waals surface area contributed by atoms with E-state index in [1.165, 1.54) is 33.4 Å². The number of aryl methyl sites for hydroxylation is 1. The van der Waals surface area contributed by atoms with Crippen LogP contribution in [0.1, 0.15) is 87.8 Å². The van der Waals surface area contributed by atoms with Gasteiger partial charge in [0.15, 0.2) is 5.78 Å². The summed E-state index contributed by atoms with van der Waals surface area (Å²) in [5.74, 6) is 0.245. The molecule has 2 aliphatic rings. The maximum absolute atomic E-state index is 12.2. The molecule has 2 aromatic carbocycles. The van der Waals surface area contributed by atoms with Gasteiger partial charge < -0.3 is 5.11 Å². The summed E-state index contributed by atoms with van der Waals surface area (Å²) < 4.78 is 0. The van der Waals surface area contributed by atoms with E-state index in [0.29, 0.717) is 18.4 Å². The highest BCUT2D eigenvalue weighted by Gasteiger charge is 2.33. The number of hydrogen-bond donors (Lipinski definition) is 1. The predicted molar refractivity (Wildman–Crippen MR) is 134 cm³/mol. The summed E-state index contributed by atoms with van der Waals surface area (Å²) in [6.45, 7) is 15.7. The van der Waals surface area contributed by atoms with Crippen LogP contribution >= 0.6 is 0 Å². The molecule has 0 heterocycles. The summed E-state index contributed by atoms with van der Waals surface area (Å²) in [5, 5.41) is 10.1. The number of Topliss-reactive ketones (excluding diaryl/α,β-unsaturated/α-hetero) is 1. The zero-order valence-corrected chi connectivity index (χ0v) is 20.4. The Morgan fingerprint density at radius 3 is 1.94 bits per heavy atom. The van der Waals surface area contributed by atoms with Gasteiger partial charge >= 0.3 is 0 Å². The van der Waals surface area contributed by atoms with Crippen LogP contribution < -0.4 is 0 Å². The Morgan fingerprint density at radius 1 is 0.875 bits per heavy atom. The molecule has 2 nitrogen and oxygen atoms in total. The van der Waals surface area contributed by atoms with Gasteiger partial charge in [-0.1, -0.05) is 75.8 Å². The zero-order valence-electron chi connectivity index (χ0n) is 20.4. The van der Waals surface area contributed by atoms with Crippen molar-refractivity contribution in [3.63, 3.8) is 0 Å². The SMILES string of the molecule is CC(C)=C(c1ccc(C2=C(O)CCC2=O)cc1)c1cc2c(cc1C)C(C)(C)C=CC2(C)C. The summed E-state index contributed by atoms with van der Waals surface area (Å²) in [5.41, 5.74) is 10.2. The van der Waals surface area contributed by atoms with Crippen molar-refractivity contribution in [3.8, 4) is 0 Å². The summed E-state index contributed by atoms with van der Waals surface area (Å²) in [6.07, 6.45) is 5.52. The number of ketones is 1. The summed E-state index contributed by atoms with van der Waals surface area (Å²) in [6, 6.07) is 12.9. The van der Waals surface area contributed by atoms with Crippen molar-refractivity contribution in [1.29, 1.82) is 0 Å². The molecule has 0 unspecified atom stereocenters. The number of aliphatic hydroxyl groups excluding tert-OH is 1. The van der Waals surface area contributed by atoms with Gasteiger partial charge in [-0.3, -0.25) is 4.79 Å². The number of aliphatic hydroxyl groups is 1. The predicted octanol–water partition coefficient (Wildman–Crippen LogP) is 7.59. The van der Waals surface area contributed by atoms with Crippen LogP contribution in [0, 0.1) is 6.92 Å². The smallest absolute Gasteiger partial charge is 0.167 e. The number of benzene rings is 2. The van der Waals surface area contributed by atoms with Gasteiger partial charge in [0, 0.05) is 23.7 Å². The Kier molecular flexibility index (Phi) is 5.32. The Morgan fingerprint density at radius 2 is 1.44 bits per heavy atom. The number of allylic oxidation sites excluding steroid dienone is 5. The lowest BCUT2D eigenvalue weighted by Gasteiger charge is -2.37. The molecule has 0 amide bonds. The molecule has 0 aliphatic heterocycles. The molecule has 0 saturated heterocycles. The highest BCUT2D eigenvalue weighted by Crippen LogP contribution is 2.44. The van der Waals surface area contributed by atoms with Gasteiger partial charge in [-0.25, -0.2) is 0 Å². The largest absolute Gasteiger partial charge is 0.512 e. The molecule has 0 aromatic heterocycles. The molecule has 2 aromatic rings. The molecule has 0 bridgehead atoms. The van der Waals surface area contributed by atoms with Gasteiger partial charge in [0.05, 0.1) is 5.57 Å². The lowest BCUT2D eigenvalue weighted by molar-refractivity contribution is -0.113. The van der Waals surface area contributed by atoms with Gasteiger partial charge in [-0.2, -0.15) is 0 Å². The molecule has 4 rings (SSSR count). The minimum absolute atomic E-state index is 0.0171. The minimum atomic E-state index is -0.0171. The van der Waals surface area contributed by atoms with Crippen molar-refractivity contribution in [1.82, 2.24) is 0 Å². The maximum Gasteiger partial charge on any atom is 0.167 e. The Hall–Kier alpha value is -2.87. The van der Waals surface area contributed by atoms with Gasteiger partial charge in [0.1, 0.15) is 5.76 Å². The average Bonchev–Trinajstić information content (AvgIpc) is 3.05. The first-order chi connectivity index (χ1) is 14.9. The van der Waals surface area contributed by atoms with Crippen molar-refractivity contribution in [2.45, 2.75) is 72.1 Å². The fraction of sp³-hybridized carbons (Fsp3) is 0.367. The highest BCUT2D eigenvalue weighted by atomic mass is 16.3. The molecule has 0 saturated carbocycles. The van der Waals surface area contributed by atoms with Crippen LogP contribution in [0.2, 0.25) is 0 Å². The number of carbonyl (C=O) groups is 1. The molecule has 2 heteroatoms. The third-order valence-corrected chi connectivity index (χ3v) is 7.06. The van der Waals surface area contributed by atoms with Crippen molar-refractivity contribution < 1.29 is 9.90 Å². The number of fused-ring (bicyclic) bond motifs is 1. The van der Waals surface area contributed by atoms with Crippen molar-refractivity contribution >= 4 is 16.9 Å². The van der Waals surface area contributed by atoms with E-state index in [1.54, 1.807) is 0 Å². The van der Waals surface area contributed by atoms with Crippen LogP contribution in [0.25, 0.3) is 11.1 Å². The van der Waals surface area contributed by atoms with E-state index in [9.17, 15) is 9.90 Å². The molecule has 1 N–H and O–H groups in total. The maximum atomic E-state index is 12.2. The van der Waals surface area contributed by atoms with Gasteiger partial charge in [0.2, 0.25) is 0 Å². The summed E-state index contributed by atoms with van der Waals surface area (Å²) >= 11 is 0. The van der Waals surface area contributed by atoms with Gasteiger partial charge in [-0.05, 0) is 65.8 Å². The molecule has 0 radical (unpaired) electrons. The van der Waals surface area contributed by atoms with E-state index in [0.717, 1.165) is 11.1 Å². The Bertz CT molecular complexity index is 1190. The van der Waals surface area contributed by atoms with Crippen LogP contribution in [0.4, 0.5) is 0 Å². The lowest BCUT2D eigenvalue weighted by atomic mass is 9.66. The van der Waals surface area contributed by atoms with Crippen molar-refractivity contribution in [2.75, 3.05) is 0 Å². The molecular formula is C30H34O2. The molecule has 166 valence electrons. The second kappa shape index (κ2) is 7.62. The third-order valence-electron chi connectivity index (χ3n) is 7.06. The van der Waals surface area contributed by atoms with E-state index in [2.05, 4.69) is 84.9 Å². The average molecular weight is 427 g/mol. The Balaban J connectivity index is 1.83. The monoisotopic (exact) mass is 426 g/mol. The first-order valence-electron chi connectivity index (χ1n) is 11.5.